The summed E-state index contributed by atoms with van der Waals surface area (Å²) in [6, 6.07) is 5.55. The first-order chi connectivity index (χ1) is 9.13. The molecule has 2 heterocycles. The van der Waals surface area contributed by atoms with E-state index in [9.17, 15) is 0 Å². The van der Waals surface area contributed by atoms with Crippen LogP contribution in [0.5, 0.6) is 0 Å². The van der Waals surface area contributed by atoms with E-state index in [1.54, 1.807) is 12.4 Å². The van der Waals surface area contributed by atoms with E-state index in [-0.39, 0.29) is 5.95 Å². The number of H-pyrrole nitrogens is 1. The van der Waals surface area contributed by atoms with Crippen LogP contribution in [0.1, 0.15) is 0 Å². The van der Waals surface area contributed by atoms with E-state index in [0.29, 0.717) is 22.0 Å². The van der Waals surface area contributed by atoms with Crippen LogP contribution in [0.15, 0.2) is 24.5 Å². The van der Waals surface area contributed by atoms with Crippen LogP contribution >= 0.6 is 34.2 Å². The third-order valence-corrected chi connectivity index (χ3v) is 3.61. The predicted octanol–water partition coefficient (Wildman–Crippen LogP) is 2.94. The standard InChI is InChI=1S/C11H8ClIN6/c12-5-1-2-7(6(13)3-5)17-10-8-9(16-4-15-8)18-11(14)19-10/h1-4H,(H4,14,15,16,17,18,19). The molecule has 1 aromatic carbocycles. The third kappa shape index (κ3) is 2.43. The Balaban J connectivity index is 2.07. The van der Waals surface area contributed by atoms with E-state index in [4.69, 9.17) is 17.3 Å². The number of nitrogens with zero attached hydrogens (tertiary/aromatic N) is 3. The molecule has 0 unspecified atom stereocenters. The van der Waals surface area contributed by atoms with Gasteiger partial charge in [0.15, 0.2) is 11.5 Å². The molecule has 0 aliphatic rings. The van der Waals surface area contributed by atoms with Crippen molar-refractivity contribution in [3.8, 4) is 0 Å². The lowest BCUT2D eigenvalue weighted by molar-refractivity contribution is 1.21. The minimum atomic E-state index is 0.172. The number of nitrogens with two attached hydrogens (primary N) is 1. The number of aromatic nitrogens is 4. The van der Waals surface area contributed by atoms with Gasteiger partial charge >= 0.3 is 0 Å². The van der Waals surface area contributed by atoms with Crippen molar-refractivity contribution in [2.45, 2.75) is 0 Å². The second kappa shape index (κ2) is 4.82. The molecule has 0 atom stereocenters. The normalized spacial score (nSPS) is 10.8. The first-order valence-electron chi connectivity index (χ1n) is 5.32. The molecule has 0 radical (unpaired) electrons. The third-order valence-electron chi connectivity index (χ3n) is 2.49. The van der Waals surface area contributed by atoms with Crippen molar-refractivity contribution in [1.82, 2.24) is 19.9 Å². The van der Waals surface area contributed by atoms with Gasteiger partial charge in [-0.1, -0.05) is 11.6 Å². The SMILES string of the molecule is Nc1nc(Nc2ccc(Cl)cc2I)c2[nH]cnc2n1. The summed E-state index contributed by atoms with van der Waals surface area (Å²) in [6.07, 6.45) is 1.55. The predicted molar refractivity (Wildman–Crippen MR) is 83.5 cm³/mol. The highest BCUT2D eigenvalue weighted by Crippen LogP contribution is 2.27. The van der Waals surface area contributed by atoms with Gasteiger partial charge in [0.25, 0.3) is 0 Å². The molecular formula is C11H8ClIN6. The Morgan fingerprint density at radius 2 is 2.16 bits per heavy atom. The molecular weight excluding hydrogens is 379 g/mol. The molecule has 0 spiro atoms. The lowest BCUT2D eigenvalue weighted by atomic mass is 10.3. The largest absolute Gasteiger partial charge is 0.368 e. The number of rotatable bonds is 2. The van der Waals surface area contributed by atoms with Gasteiger partial charge in [-0.15, -0.1) is 0 Å². The maximum atomic E-state index is 5.93. The van der Waals surface area contributed by atoms with Crippen LogP contribution in [0.4, 0.5) is 17.5 Å². The zero-order valence-corrected chi connectivity index (χ0v) is 12.4. The van der Waals surface area contributed by atoms with Crippen molar-refractivity contribution in [2.75, 3.05) is 11.1 Å². The van der Waals surface area contributed by atoms with Crippen molar-refractivity contribution in [1.29, 1.82) is 0 Å². The molecule has 0 saturated carbocycles. The number of benzene rings is 1. The maximum Gasteiger partial charge on any atom is 0.224 e. The molecule has 0 bridgehead atoms. The van der Waals surface area contributed by atoms with E-state index < -0.39 is 0 Å². The fourth-order valence-electron chi connectivity index (χ4n) is 1.66. The molecule has 0 aliphatic carbocycles. The van der Waals surface area contributed by atoms with Crippen molar-refractivity contribution >= 4 is 62.8 Å². The number of hydrogen-bond donors (Lipinski definition) is 3. The number of nitrogens with one attached hydrogen (secondary N) is 2. The number of nitrogen functional groups attached to an aromatic ring is 1. The van der Waals surface area contributed by atoms with Crippen molar-refractivity contribution in [3.63, 3.8) is 0 Å². The Morgan fingerprint density at radius 3 is 2.95 bits per heavy atom. The molecule has 6 nitrogen and oxygen atoms in total. The number of halogens is 2. The fourth-order valence-corrected chi connectivity index (χ4v) is 2.67. The summed E-state index contributed by atoms with van der Waals surface area (Å²) < 4.78 is 0.981. The van der Waals surface area contributed by atoms with Crippen LogP contribution in [0.25, 0.3) is 11.2 Å². The van der Waals surface area contributed by atoms with E-state index in [1.165, 1.54) is 0 Å². The van der Waals surface area contributed by atoms with Gasteiger partial charge < -0.3 is 16.0 Å². The summed E-state index contributed by atoms with van der Waals surface area (Å²) in [5.74, 6) is 0.756. The first kappa shape index (κ1) is 12.4. The minimum Gasteiger partial charge on any atom is -0.368 e. The monoisotopic (exact) mass is 386 g/mol. The number of imidazole rings is 1. The minimum absolute atomic E-state index is 0.172. The Kier molecular flexibility index (Phi) is 3.15. The summed E-state index contributed by atoms with van der Waals surface area (Å²) in [7, 11) is 0. The van der Waals surface area contributed by atoms with Gasteiger partial charge in [0.2, 0.25) is 5.95 Å². The zero-order chi connectivity index (χ0) is 13.4. The van der Waals surface area contributed by atoms with Crippen molar-refractivity contribution < 1.29 is 0 Å². The molecule has 3 rings (SSSR count). The summed E-state index contributed by atoms with van der Waals surface area (Å²) >= 11 is 8.12. The second-order valence-corrected chi connectivity index (χ2v) is 5.38. The van der Waals surface area contributed by atoms with Crippen LogP contribution in [-0.4, -0.2) is 19.9 Å². The molecule has 0 fully saturated rings. The molecule has 3 aromatic rings. The van der Waals surface area contributed by atoms with E-state index >= 15 is 0 Å². The Bertz CT molecular complexity index is 756. The number of aromatic amines is 1. The molecule has 8 heteroatoms. The van der Waals surface area contributed by atoms with Gasteiger partial charge in [0, 0.05) is 8.59 Å². The van der Waals surface area contributed by atoms with Crippen molar-refractivity contribution in [3.05, 3.63) is 33.1 Å². The number of anilines is 3. The average molecular weight is 387 g/mol. The topological polar surface area (TPSA) is 92.5 Å². The highest BCUT2D eigenvalue weighted by atomic mass is 127. The van der Waals surface area contributed by atoms with E-state index in [1.807, 2.05) is 12.1 Å². The molecule has 0 aliphatic heterocycles. The van der Waals surface area contributed by atoms with Gasteiger partial charge in [-0.3, -0.25) is 0 Å². The van der Waals surface area contributed by atoms with E-state index in [2.05, 4.69) is 47.8 Å². The van der Waals surface area contributed by atoms with Gasteiger partial charge in [0.1, 0.15) is 5.52 Å². The molecule has 0 amide bonds. The quantitative estimate of drug-likeness (QED) is 0.589. The van der Waals surface area contributed by atoms with Gasteiger partial charge in [-0.05, 0) is 40.8 Å². The Hall–Kier alpha value is -1.61. The maximum absolute atomic E-state index is 5.93. The summed E-state index contributed by atoms with van der Waals surface area (Å²) in [4.78, 5) is 15.3. The molecule has 2 aromatic heterocycles. The van der Waals surface area contributed by atoms with Crippen LogP contribution in [0.3, 0.4) is 0 Å². The van der Waals surface area contributed by atoms with E-state index in [0.717, 1.165) is 9.26 Å². The smallest absolute Gasteiger partial charge is 0.224 e. The van der Waals surface area contributed by atoms with Crippen molar-refractivity contribution in [2.24, 2.45) is 0 Å². The summed E-state index contributed by atoms with van der Waals surface area (Å²) in [5, 5.41) is 3.88. The Labute approximate surface area is 126 Å². The number of hydrogen-bond acceptors (Lipinski definition) is 5. The zero-order valence-electron chi connectivity index (χ0n) is 9.48. The molecule has 19 heavy (non-hydrogen) atoms. The molecule has 96 valence electrons. The summed E-state index contributed by atoms with van der Waals surface area (Å²) in [6.45, 7) is 0. The van der Waals surface area contributed by atoms with Crippen LogP contribution in [0, 0.1) is 3.57 Å². The van der Waals surface area contributed by atoms with Gasteiger partial charge in [-0.2, -0.15) is 9.97 Å². The first-order valence-corrected chi connectivity index (χ1v) is 6.78. The highest BCUT2D eigenvalue weighted by molar-refractivity contribution is 14.1. The molecule has 0 saturated heterocycles. The average Bonchev–Trinajstić information content (AvgIpc) is 2.80. The second-order valence-electron chi connectivity index (χ2n) is 3.78. The lowest BCUT2D eigenvalue weighted by Crippen LogP contribution is -2.02. The van der Waals surface area contributed by atoms with Gasteiger partial charge in [0.05, 0.1) is 12.0 Å². The van der Waals surface area contributed by atoms with Crippen LogP contribution in [0.2, 0.25) is 5.02 Å². The fraction of sp³-hybridized carbons (Fsp3) is 0. The highest BCUT2D eigenvalue weighted by Gasteiger charge is 2.10. The van der Waals surface area contributed by atoms with Gasteiger partial charge in [-0.25, -0.2) is 4.98 Å². The lowest BCUT2D eigenvalue weighted by Gasteiger charge is -2.09. The Morgan fingerprint density at radius 1 is 1.32 bits per heavy atom. The molecule has 4 N–H and O–H groups in total. The number of fused-ring (bicyclic) bond motifs is 1. The van der Waals surface area contributed by atoms with Crippen LogP contribution < -0.4 is 11.1 Å². The van der Waals surface area contributed by atoms with Crippen LogP contribution in [-0.2, 0) is 0 Å². The summed E-state index contributed by atoms with van der Waals surface area (Å²) in [5.41, 5.74) is 7.78.